The van der Waals surface area contributed by atoms with E-state index in [0.29, 0.717) is 11.3 Å². The van der Waals surface area contributed by atoms with E-state index in [0.717, 1.165) is 31.1 Å². The van der Waals surface area contributed by atoms with E-state index in [4.69, 9.17) is 0 Å². The van der Waals surface area contributed by atoms with Crippen LogP contribution in [-0.2, 0) is 0 Å². The maximum Gasteiger partial charge on any atom is 0.00224 e. The largest absolute Gasteiger partial charge is 0.100 e. The van der Waals surface area contributed by atoms with Gasteiger partial charge in [-0.3, -0.25) is 0 Å². The predicted molar refractivity (Wildman–Crippen MR) is 163 cm³/mol. The Kier molecular flexibility index (Phi) is 13.9. The van der Waals surface area contributed by atoms with Gasteiger partial charge in [0.25, 0.3) is 0 Å². The highest BCUT2D eigenvalue weighted by molar-refractivity contribution is 5.47. The first-order chi connectivity index (χ1) is 15.9. The van der Waals surface area contributed by atoms with Crippen LogP contribution in [0.3, 0.4) is 0 Å². The number of rotatable bonds is 15. The van der Waals surface area contributed by atoms with Gasteiger partial charge in [-0.15, -0.1) is 6.58 Å². The molecule has 0 spiro atoms. The molecule has 0 saturated carbocycles. The predicted octanol–water partition coefficient (Wildman–Crippen LogP) is 12.1. The molecule has 0 heterocycles. The first-order valence-electron chi connectivity index (χ1n) is 14.2. The van der Waals surface area contributed by atoms with Gasteiger partial charge in [-0.05, 0) is 119 Å². The highest BCUT2D eigenvalue weighted by Gasteiger charge is 2.37. The quantitative estimate of drug-likeness (QED) is 0.161. The Morgan fingerprint density at radius 2 is 1.29 bits per heavy atom. The number of hydrogen-bond donors (Lipinski definition) is 0. The van der Waals surface area contributed by atoms with Crippen LogP contribution in [0.1, 0.15) is 135 Å². The van der Waals surface area contributed by atoms with Crippen molar-refractivity contribution in [3.8, 4) is 0 Å². The second kappa shape index (κ2) is 14.4. The summed E-state index contributed by atoms with van der Waals surface area (Å²) in [7, 11) is 0. The minimum absolute atomic E-state index is 0.275. The fraction of sp³-hybridized carbons (Fsp3) is 0.714. The molecule has 35 heavy (non-hydrogen) atoms. The fourth-order valence-corrected chi connectivity index (χ4v) is 4.92. The average Bonchev–Trinajstić information content (AvgIpc) is 2.74. The third-order valence-electron chi connectivity index (χ3n) is 9.43. The fourth-order valence-electron chi connectivity index (χ4n) is 4.92. The molecule has 0 N–H and O–H groups in total. The molecule has 0 fully saturated rings. The standard InChI is InChI=1S/C35H62/c1-17-27(8)33(30(11)29(10)19-18-24(2)3)31(12)32(26(6)7)21-23-35(15,16)34(13,14)22-20-28(9)25(4)5/h17,25,28,30H,2,10,18-23H2,1,3-9,11-16H3/b27-17+,33-31+. The maximum absolute atomic E-state index is 4.50. The van der Waals surface area contributed by atoms with Crippen LogP contribution in [0, 0.1) is 28.6 Å². The second-order valence-corrected chi connectivity index (χ2v) is 13.4. The number of allylic oxidation sites excluding steroid dienone is 8. The molecule has 0 radical (unpaired) electrons. The molecule has 0 aliphatic rings. The normalized spacial score (nSPS) is 15.6. The third kappa shape index (κ3) is 10.3. The summed E-state index contributed by atoms with van der Waals surface area (Å²) in [5.74, 6) is 1.90. The molecule has 0 aromatic rings. The van der Waals surface area contributed by atoms with Crippen molar-refractivity contribution in [1.29, 1.82) is 0 Å². The molecule has 0 aliphatic heterocycles. The highest BCUT2D eigenvalue weighted by Crippen LogP contribution is 2.48. The molecule has 0 bridgehead atoms. The Hall–Kier alpha value is -1.30. The van der Waals surface area contributed by atoms with Crippen LogP contribution in [-0.4, -0.2) is 0 Å². The van der Waals surface area contributed by atoms with E-state index in [1.54, 1.807) is 5.57 Å². The van der Waals surface area contributed by atoms with E-state index < -0.39 is 0 Å². The molecular formula is C35H62. The van der Waals surface area contributed by atoms with E-state index in [1.165, 1.54) is 52.7 Å². The van der Waals surface area contributed by atoms with Gasteiger partial charge >= 0.3 is 0 Å². The topological polar surface area (TPSA) is 0 Å². The van der Waals surface area contributed by atoms with E-state index in [-0.39, 0.29) is 5.41 Å². The maximum atomic E-state index is 4.50. The smallest absolute Gasteiger partial charge is 0.00224 e. The van der Waals surface area contributed by atoms with Crippen molar-refractivity contribution in [3.63, 3.8) is 0 Å². The summed E-state index contributed by atoms with van der Waals surface area (Å²) in [6.07, 6.45) is 9.27. The summed E-state index contributed by atoms with van der Waals surface area (Å²) in [6, 6.07) is 0. The SMILES string of the molecule is C=C(C)CCC(=C)C(C)C(=C(\C)C(CCC(C)(C)C(C)(C)CCC(C)C(C)C)=C(C)C)/C(C)=C/C. The van der Waals surface area contributed by atoms with Gasteiger partial charge in [0.15, 0.2) is 0 Å². The van der Waals surface area contributed by atoms with Crippen LogP contribution >= 0.6 is 0 Å². The van der Waals surface area contributed by atoms with Gasteiger partial charge in [0.1, 0.15) is 0 Å². The van der Waals surface area contributed by atoms with Gasteiger partial charge in [-0.2, -0.15) is 0 Å². The zero-order chi connectivity index (χ0) is 27.7. The Morgan fingerprint density at radius 1 is 0.771 bits per heavy atom. The van der Waals surface area contributed by atoms with Gasteiger partial charge in [0.05, 0.1) is 0 Å². The average molecular weight is 483 g/mol. The Morgan fingerprint density at radius 3 is 1.71 bits per heavy atom. The molecule has 0 heteroatoms. The Labute approximate surface area is 222 Å². The van der Waals surface area contributed by atoms with E-state index >= 15 is 0 Å². The summed E-state index contributed by atoms with van der Waals surface area (Å²) in [5, 5.41) is 0. The first-order valence-corrected chi connectivity index (χ1v) is 14.2. The minimum Gasteiger partial charge on any atom is -0.100 e. The summed E-state index contributed by atoms with van der Waals surface area (Å²) < 4.78 is 0. The molecule has 2 atom stereocenters. The molecule has 0 saturated heterocycles. The monoisotopic (exact) mass is 482 g/mol. The van der Waals surface area contributed by atoms with Crippen molar-refractivity contribution >= 4 is 0 Å². The molecule has 0 nitrogen and oxygen atoms in total. The lowest BCUT2D eigenvalue weighted by Gasteiger charge is -2.43. The molecule has 0 aromatic carbocycles. The van der Waals surface area contributed by atoms with E-state index in [9.17, 15) is 0 Å². The van der Waals surface area contributed by atoms with Crippen LogP contribution in [0.5, 0.6) is 0 Å². The minimum atomic E-state index is 0.275. The van der Waals surface area contributed by atoms with Crippen molar-refractivity contribution in [2.24, 2.45) is 28.6 Å². The molecule has 2 unspecified atom stereocenters. The van der Waals surface area contributed by atoms with Gasteiger partial charge in [-0.1, -0.05) is 90.3 Å². The summed E-state index contributed by atoms with van der Waals surface area (Å²) in [5.41, 5.74) is 10.4. The van der Waals surface area contributed by atoms with Crippen LogP contribution in [0.4, 0.5) is 0 Å². The van der Waals surface area contributed by atoms with Gasteiger partial charge in [0.2, 0.25) is 0 Å². The lowest BCUT2D eigenvalue weighted by Crippen LogP contribution is -2.33. The van der Waals surface area contributed by atoms with Crippen molar-refractivity contribution in [2.75, 3.05) is 0 Å². The summed E-state index contributed by atoms with van der Waals surface area (Å²) in [4.78, 5) is 0. The molecule has 202 valence electrons. The van der Waals surface area contributed by atoms with Gasteiger partial charge < -0.3 is 0 Å². The van der Waals surface area contributed by atoms with Crippen molar-refractivity contribution in [2.45, 2.75) is 135 Å². The van der Waals surface area contributed by atoms with Crippen molar-refractivity contribution in [1.82, 2.24) is 0 Å². The Balaban J connectivity index is 5.99. The highest BCUT2D eigenvalue weighted by atomic mass is 14.4. The zero-order valence-corrected chi connectivity index (χ0v) is 26.5. The third-order valence-corrected chi connectivity index (χ3v) is 9.43. The van der Waals surface area contributed by atoms with Gasteiger partial charge in [-0.25, -0.2) is 0 Å². The Bertz CT molecular complexity index is 799. The van der Waals surface area contributed by atoms with E-state index in [2.05, 4.69) is 116 Å². The number of hydrogen-bond acceptors (Lipinski definition) is 0. The molecule has 0 aromatic heterocycles. The first kappa shape index (κ1) is 33.7. The zero-order valence-electron chi connectivity index (χ0n) is 26.5. The van der Waals surface area contributed by atoms with Crippen molar-refractivity contribution < 1.29 is 0 Å². The molecule has 0 amide bonds. The van der Waals surface area contributed by atoms with Crippen LogP contribution in [0.2, 0.25) is 0 Å². The summed E-state index contributed by atoms with van der Waals surface area (Å²) in [6.45, 7) is 41.5. The molecule has 0 rings (SSSR count). The second-order valence-electron chi connectivity index (χ2n) is 13.4. The van der Waals surface area contributed by atoms with Crippen molar-refractivity contribution in [3.05, 3.63) is 58.2 Å². The lowest BCUT2D eigenvalue weighted by atomic mass is 9.62. The summed E-state index contributed by atoms with van der Waals surface area (Å²) >= 11 is 0. The van der Waals surface area contributed by atoms with Gasteiger partial charge in [0, 0.05) is 5.92 Å². The lowest BCUT2D eigenvalue weighted by molar-refractivity contribution is 0.0782. The van der Waals surface area contributed by atoms with Crippen LogP contribution < -0.4 is 0 Å². The van der Waals surface area contributed by atoms with Crippen LogP contribution in [0.15, 0.2) is 58.2 Å². The molecular weight excluding hydrogens is 420 g/mol. The van der Waals surface area contributed by atoms with Crippen LogP contribution in [0.25, 0.3) is 0 Å². The molecule has 0 aliphatic carbocycles. The van der Waals surface area contributed by atoms with E-state index in [1.807, 2.05) is 0 Å².